The second kappa shape index (κ2) is 7.27. The number of rotatable bonds is 3. The lowest BCUT2D eigenvalue weighted by Gasteiger charge is -2.27. The third-order valence-corrected chi connectivity index (χ3v) is 6.89. The largest absolute Gasteiger partial charge is 0.416 e. The number of fused-ring (bicyclic) bond motifs is 3. The van der Waals surface area contributed by atoms with Gasteiger partial charge >= 0.3 is 6.18 Å². The summed E-state index contributed by atoms with van der Waals surface area (Å²) in [7, 11) is 0. The van der Waals surface area contributed by atoms with Crippen molar-refractivity contribution < 1.29 is 27.6 Å². The standard InChI is InChI=1S/C24H21F3N2O3/c1-13-7-9-14(10-8-13)21(30)20-19-18(17-6-3-11-28(17)20)22(31)29(23(19)32)16-5-2-4-15(12-16)24(25,26)27/h2,4-5,7-10,12,17-20H,3,6,11H2,1H3/t17-,18-,19-,20+/m1/s1. The molecule has 2 aromatic carbocycles. The molecular weight excluding hydrogens is 421 g/mol. The second-order valence-corrected chi connectivity index (χ2v) is 8.73. The van der Waals surface area contributed by atoms with Gasteiger partial charge in [-0.25, -0.2) is 4.90 Å². The molecule has 2 aromatic rings. The van der Waals surface area contributed by atoms with Crippen molar-refractivity contribution in [3.63, 3.8) is 0 Å². The summed E-state index contributed by atoms with van der Waals surface area (Å²) in [6, 6.07) is 10.2. The molecule has 5 rings (SSSR count). The van der Waals surface area contributed by atoms with Crippen LogP contribution in [0.15, 0.2) is 48.5 Å². The van der Waals surface area contributed by atoms with E-state index in [9.17, 15) is 27.6 Å². The lowest BCUT2D eigenvalue weighted by Crippen LogP contribution is -2.46. The van der Waals surface area contributed by atoms with Gasteiger partial charge in [-0.05, 0) is 44.5 Å². The molecule has 2 amide bonds. The van der Waals surface area contributed by atoms with Gasteiger partial charge in [-0.2, -0.15) is 13.2 Å². The van der Waals surface area contributed by atoms with Crippen LogP contribution in [0.25, 0.3) is 0 Å². The molecule has 32 heavy (non-hydrogen) atoms. The summed E-state index contributed by atoms with van der Waals surface area (Å²) in [6.07, 6.45) is -3.12. The molecule has 3 aliphatic heterocycles. The molecule has 3 saturated heterocycles. The van der Waals surface area contributed by atoms with Crippen LogP contribution in [0.5, 0.6) is 0 Å². The lowest BCUT2D eigenvalue weighted by molar-refractivity contribution is -0.137. The summed E-state index contributed by atoms with van der Waals surface area (Å²) in [5.41, 5.74) is 0.426. The number of hydrogen-bond acceptors (Lipinski definition) is 4. The predicted octanol–water partition coefficient (Wildman–Crippen LogP) is 3.85. The summed E-state index contributed by atoms with van der Waals surface area (Å²) in [5.74, 6) is -2.96. The first-order valence-electron chi connectivity index (χ1n) is 10.6. The first kappa shape index (κ1) is 20.9. The number of nitrogens with zero attached hydrogens (tertiary/aromatic N) is 2. The summed E-state index contributed by atoms with van der Waals surface area (Å²) in [6.45, 7) is 2.52. The van der Waals surface area contributed by atoms with Crippen molar-refractivity contribution in [2.45, 2.75) is 38.0 Å². The third kappa shape index (κ3) is 3.08. The Hall–Kier alpha value is -3.00. The Balaban J connectivity index is 1.54. The maximum absolute atomic E-state index is 13.5. The van der Waals surface area contributed by atoms with Gasteiger partial charge in [0.05, 0.1) is 29.1 Å². The molecule has 0 aliphatic carbocycles. The van der Waals surface area contributed by atoms with Crippen molar-refractivity contribution in [1.29, 1.82) is 0 Å². The summed E-state index contributed by atoms with van der Waals surface area (Å²) in [4.78, 5) is 43.0. The molecule has 3 aliphatic rings. The fourth-order valence-corrected chi connectivity index (χ4v) is 5.48. The normalized spacial score (nSPS) is 27.7. The Morgan fingerprint density at radius 2 is 1.69 bits per heavy atom. The number of Topliss-reactive ketones (excluding diaryl/α,β-unsaturated/α-hetero) is 1. The Morgan fingerprint density at radius 3 is 2.38 bits per heavy atom. The van der Waals surface area contributed by atoms with Gasteiger partial charge in [0.25, 0.3) is 0 Å². The van der Waals surface area contributed by atoms with E-state index in [0.29, 0.717) is 18.5 Å². The van der Waals surface area contributed by atoms with Crippen LogP contribution in [0.2, 0.25) is 0 Å². The number of hydrogen-bond donors (Lipinski definition) is 0. The molecule has 0 unspecified atom stereocenters. The molecule has 8 heteroatoms. The quantitative estimate of drug-likeness (QED) is 0.535. The number of aryl methyl sites for hydroxylation is 1. The lowest BCUT2D eigenvalue weighted by atomic mass is 9.85. The zero-order chi connectivity index (χ0) is 22.8. The SMILES string of the molecule is Cc1ccc(C(=O)[C@@H]2[C@@H]3C(=O)N(c4cccc(C(F)(F)F)c4)C(=O)[C@@H]3[C@H]3CCCN32)cc1. The molecule has 3 heterocycles. The minimum atomic E-state index is -4.59. The van der Waals surface area contributed by atoms with Gasteiger partial charge in [0.15, 0.2) is 5.78 Å². The number of benzene rings is 2. The molecule has 0 radical (unpaired) electrons. The molecule has 4 atom stereocenters. The van der Waals surface area contributed by atoms with Gasteiger partial charge in [0.1, 0.15) is 0 Å². The maximum Gasteiger partial charge on any atom is 0.416 e. The number of carbonyl (C=O) groups excluding carboxylic acids is 3. The van der Waals surface area contributed by atoms with Crippen LogP contribution in [0.3, 0.4) is 0 Å². The van der Waals surface area contributed by atoms with Crippen molar-refractivity contribution in [3.05, 3.63) is 65.2 Å². The average Bonchev–Trinajstić information content (AvgIpc) is 3.39. The fraction of sp³-hybridized carbons (Fsp3) is 0.375. The van der Waals surface area contributed by atoms with E-state index < -0.39 is 41.4 Å². The van der Waals surface area contributed by atoms with Crippen LogP contribution >= 0.6 is 0 Å². The van der Waals surface area contributed by atoms with E-state index in [1.807, 2.05) is 24.0 Å². The van der Waals surface area contributed by atoms with Crippen molar-refractivity contribution in [1.82, 2.24) is 4.90 Å². The highest BCUT2D eigenvalue weighted by Crippen LogP contribution is 2.48. The van der Waals surface area contributed by atoms with Crippen molar-refractivity contribution in [3.8, 4) is 0 Å². The number of amides is 2. The molecule has 0 spiro atoms. The molecule has 3 fully saturated rings. The first-order chi connectivity index (χ1) is 15.2. The monoisotopic (exact) mass is 442 g/mol. The van der Waals surface area contributed by atoms with Crippen molar-refractivity contribution in [2.24, 2.45) is 11.8 Å². The Morgan fingerprint density at radius 1 is 1.00 bits per heavy atom. The molecule has 0 aromatic heterocycles. The molecular formula is C24H21F3N2O3. The highest BCUT2D eigenvalue weighted by atomic mass is 19.4. The Labute approximate surface area is 182 Å². The van der Waals surface area contributed by atoms with E-state index in [1.165, 1.54) is 12.1 Å². The van der Waals surface area contributed by atoms with Gasteiger partial charge in [-0.15, -0.1) is 0 Å². The van der Waals surface area contributed by atoms with Crippen molar-refractivity contribution >= 4 is 23.3 Å². The minimum Gasteiger partial charge on any atom is -0.292 e. The number of halogens is 3. The van der Waals surface area contributed by atoms with Crippen LogP contribution in [-0.2, 0) is 15.8 Å². The first-order valence-corrected chi connectivity index (χ1v) is 10.6. The molecule has 5 nitrogen and oxygen atoms in total. The summed E-state index contributed by atoms with van der Waals surface area (Å²) < 4.78 is 39.6. The smallest absolute Gasteiger partial charge is 0.292 e. The number of anilines is 1. The number of alkyl halides is 3. The third-order valence-electron chi connectivity index (χ3n) is 6.89. The highest BCUT2D eigenvalue weighted by Gasteiger charge is 2.64. The van der Waals surface area contributed by atoms with E-state index in [-0.39, 0.29) is 17.5 Å². The number of imide groups is 1. The Bertz CT molecular complexity index is 1110. The van der Waals surface area contributed by atoms with Crippen LogP contribution < -0.4 is 4.90 Å². The summed E-state index contributed by atoms with van der Waals surface area (Å²) >= 11 is 0. The van der Waals surface area contributed by atoms with Gasteiger partial charge < -0.3 is 0 Å². The van der Waals surface area contributed by atoms with E-state index in [1.54, 1.807) is 12.1 Å². The topological polar surface area (TPSA) is 57.7 Å². The van der Waals surface area contributed by atoms with E-state index in [0.717, 1.165) is 29.0 Å². The highest BCUT2D eigenvalue weighted by molar-refractivity contribution is 6.24. The van der Waals surface area contributed by atoms with Crippen LogP contribution in [0, 0.1) is 18.8 Å². The second-order valence-electron chi connectivity index (χ2n) is 8.73. The van der Waals surface area contributed by atoms with E-state index in [2.05, 4.69) is 0 Å². The molecule has 0 bridgehead atoms. The Kier molecular flexibility index (Phi) is 4.74. The molecule has 0 saturated carbocycles. The molecule has 166 valence electrons. The average molecular weight is 442 g/mol. The van der Waals surface area contributed by atoms with E-state index >= 15 is 0 Å². The van der Waals surface area contributed by atoms with Crippen LogP contribution in [0.1, 0.15) is 34.3 Å². The zero-order valence-corrected chi connectivity index (χ0v) is 17.3. The van der Waals surface area contributed by atoms with Crippen molar-refractivity contribution in [2.75, 3.05) is 11.4 Å². The maximum atomic E-state index is 13.5. The van der Waals surface area contributed by atoms with E-state index in [4.69, 9.17) is 0 Å². The fourth-order valence-electron chi connectivity index (χ4n) is 5.48. The van der Waals surface area contributed by atoms with Gasteiger partial charge in [-0.1, -0.05) is 35.9 Å². The van der Waals surface area contributed by atoms with Gasteiger partial charge in [0.2, 0.25) is 11.8 Å². The summed E-state index contributed by atoms with van der Waals surface area (Å²) in [5, 5.41) is 0. The number of ketones is 1. The number of carbonyl (C=O) groups is 3. The van der Waals surface area contributed by atoms with Gasteiger partial charge in [0, 0.05) is 11.6 Å². The van der Waals surface area contributed by atoms with Crippen LogP contribution in [0.4, 0.5) is 18.9 Å². The predicted molar refractivity (Wildman–Crippen MR) is 110 cm³/mol. The minimum absolute atomic E-state index is 0.102. The van der Waals surface area contributed by atoms with Crippen LogP contribution in [-0.4, -0.2) is 41.1 Å². The zero-order valence-electron chi connectivity index (χ0n) is 17.3. The molecule has 0 N–H and O–H groups in total. The van der Waals surface area contributed by atoms with Gasteiger partial charge in [-0.3, -0.25) is 19.3 Å².